The first-order valence-electron chi connectivity index (χ1n) is 12.3. The number of halogens is 2. The Morgan fingerprint density at radius 1 is 1.13 bits per heavy atom. The Bertz CT molecular complexity index is 1410. The first kappa shape index (κ1) is 25.4. The second kappa shape index (κ2) is 11.9. The molecule has 0 bridgehead atoms. The van der Waals surface area contributed by atoms with Crippen molar-refractivity contribution < 1.29 is 18.3 Å². The highest BCUT2D eigenvalue weighted by Crippen LogP contribution is 2.25. The Labute approximate surface area is 217 Å². The van der Waals surface area contributed by atoms with Crippen LogP contribution in [0, 0.1) is 11.6 Å². The van der Waals surface area contributed by atoms with E-state index < -0.39 is 17.5 Å². The van der Waals surface area contributed by atoms with Gasteiger partial charge in [-0.05, 0) is 30.7 Å². The minimum Gasteiger partial charge on any atom is -0.493 e. The summed E-state index contributed by atoms with van der Waals surface area (Å²) in [6, 6.07) is 9.15. The van der Waals surface area contributed by atoms with Crippen molar-refractivity contribution in [3.05, 3.63) is 60.6 Å². The summed E-state index contributed by atoms with van der Waals surface area (Å²) < 4.78 is 34.3. The molecule has 2 aromatic carbocycles. The molecule has 38 heavy (non-hydrogen) atoms. The van der Waals surface area contributed by atoms with E-state index in [0.717, 1.165) is 56.3 Å². The van der Waals surface area contributed by atoms with Crippen LogP contribution in [-0.4, -0.2) is 75.1 Å². The number of amides is 1. The number of benzene rings is 2. The first-order valence-corrected chi connectivity index (χ1v) is 12.3. The fourth-order valence-corrected chi connectivity index (χ4v) is 4.13. The number of carbonyl (C=O) groups is 1. The standard InChI is InChI=1S/C25H27F2N9O2/c26-19-3-1-4-20(24(19)27)31-23(37)15-36-14-22(33-34-36)32-25-18-6-5-17(13-21(18)29-16-30-25)38-12-2-9-35-10-7-28-8-11-35/h1,3-6,13-14,16,28H,2,7-12,15H2,(H,31,37)(H,29,30,32). The lowest BCUT2D eigenvalue weighted by Crippen LogP contribution is -2.43. The molecule has 4 aromatic rings. The van der Waals surface area contributed by atoms with Crippen LogP contribution in [-0.2, 0) is 11.3 Å². The van der Waals surface area contributed by atoms with Gasteiger partial charge in [-0.3, -0.25) is 4.79 Å². The molecule has 0 atom stereocenters. The largest absolute Gasteiger partial charge is 0.493 e. The van der Waals surface area contributed by atoms with E-state index >= 15 is 0 Å². The molecule has 3 heterocycles. The zero-order valence-corrected chi connectivity index (χ0v) is 20.5. The molecule has 0 saturated carbocycles. The molecule has 1 amide bonds. The number of ether oxygens (including phenoxy) is 1. The Balaban J connectivity index is 1.17. The maximum atomic E-state index is 13.8. The van der Waals surface area contributed by atoms with Gasteiger partial charge in [-0.15, -0.1) is 5.10 Å². The van der Waals surface area contributed by atoms with Gasteiger partial charge in [0.15, 0.2) is 17.5 Å². The minimum absolute atomic E-state index is 0.246. The molecule has 1 fully saturated rings. The van der Waals surface area contributed by atoms with E-state index in [-0.39, 0.29) is 12.2 Å². The average Bonchev–Trinajstić information content (AvgIpc) is 3.36. The van der Waals surface area contributed by atoms with Gasteiger partial charge in [-0.2, -0.15) is 0 Å². The van der Waals surface area contributed by atoms with Gasteiger partial charge in [0, 0.05) is 44.2 Å². The molecule has 1 aliphatic rings. The summed E-state index contributed by atoms with van der Waals surface area (Å²) in [7, 11) is 0. The number of hydrogen-bond acceptors (Lipinski definition) is 9. The molecule has 5 rings (SSSR count). The van der Waals surface area contributed by atoms with Crippen molar-refractivity contribution in [1.29, 1.82) is 0 Å². The van der Waals surface area contributed by atoms with Crippen LogP contribution in [0.25, 0.3) is 10.9 Å². The van der Waals surface area contributed by atoms with Crippen LogP contribution in [0.1, 0.15) is 6.42 Å². The highest BCUT2D eigenvalue weighted by atomic mass is 19.2. The number of rotatable bonds is 10. The van der Waals surface area contributed by atoms with Crippen molar-refractivity contribution in [2.24, 2.45) is 0 Å². The van der Waals surface area contributed by atoms with Crippen molar-refractivity contribution in [2.75, 3.05) is 50.0 Å². The third-order valence-electron chi connectivity index (χ3n) is 6.02. The number of aromatic nitrogens is 5. The van der Waals surface area contributed by atoms with Crippen LogP contribution in [0.4, 0.5) is 26.1 Å². The molecule has 0 radical (unpaired) electrons. The number of nitrogens with one attached hydrogen (secondary N) is 3. The molecule has 0 unspecified atom stereocenters. The van der Waals surface area contributed by atoms with Gasteiger partial charge < -0.3 is 25.6 Å². The zero-order chi connectivity index (χ0) is 26.3. The number of fused-ring (bicyclic) bond motifs is 1. The Morgan fingerprint density at radius 3 is 2.87 bits per heavy atom. The topological polar surface area (TPSA) is 122 Å². The highest BCUT2D eigenvalue weighted by Gasteiger charge is 2.13. The molecule has 1 aliphatic heterocycles. The molecule has 0 spiro atoms. The van der Waals surface area contributed by atoms with E-state index in [0.29, 0.717) is 23.8 Å². The molecule has 2 aromatic heterocycles. The summed E-state index contributed by atoms with van der Waals surface area (Å²) in [4.78, 5) is 23.3. The van der Waals surface area contributed by atoms with Crippen molar-refractivity contribution in [1.82, 2.24) is 35.2 Å². The van der Waals surface area contributed by atoms with Crippen molar-refractivity contribution in [3.63, 3.8) is 0 Å². The van der Waals surface area contributed by atoms with Crippen LogP contribution in [0.3, 0.4) is 0 Å². The molecule has 1 saturated heterocycles. The predicted octanol–water partition coefficient (Wildman–Crippen LogP) is 2.56. The monoisotopic (exact) mass is 523 g/mol. The van der Waals surface area contributed by atoms with Gasteiger partial charge >= 0.3 is 0 Å². The summed E-state index contributed by atoms with van der Waals surface area (Å²) in [6.07, 6.45) is 3.88. The van der Waals surface area contributed by atoms with Gasteiger partial charge in [0.05, 0.1) is 24.0 Å². The molecular formula is C25H27F2N9O2. The van der Waals surface area contributed by atoms with E-state index in [1.54, 1.807) is 0 Å². The van der Waals surface area contributed by atoms with Crippen LogP contribution in [0.5, 0.6) is 5.75 Å². The van der Waals surface area contributed by atoms with E-state index in [4.69, 9.17) is 4.74 Å². The van der Waals surface area contributed by atoms with Crippen LogP contribution >= 0.6 is 0 Å². The second-order valence-corrected chi connectivity index (χ2v) is 8.77. The third-order valence-corrected chi connectivity index (χ3v) is 6.02. The summed E-state index contributed by atoms with van der Waals surface area (Å²) in [5.41, 5.74) is 0.454. The second-order valence-electron chi connectivity index (χ2n) is 8.77. The Hall–Kier alpha value is -4.23. The number of anilines is 3. The minimum atomic E-state index is -1.12. The van der Waals surface area contributed by atoms with E-state index in [2.05, 4.69) is 41.1 Å². The quantitative estimate of drug-likeness (QED) is 0.269. The average molecular weight is 524 g/mol. The fraction of sp³-hybridized carbons (Fsp3) is 0.320. The fourth-order valence-electron chi connectivity index (χ4n) is 4.13. The van der Waals surface area contributed by atoms with Crippen LogP contribution < -0.4 is 20.7 Å². The Kier molecular flexibility index (Phi) is 7.95. The van der Waals surface area contributed by atoms with Crippen molar-refractivity contribution >= 4 is 34.1 Å². The number of nitrogens with zero attached hydrogens (tertiary/aromatic N) is 6. The third kappa shape index (κ3) is 6.36. The van der Waals surface area contributed by atoms with Crippen LogP contribution in [0.15, 0.2) is 48.9 Å². The van der Waals surface area contributed by atoms with Crippen LogP contribution in [0.2, 0.25) is 0 Å². The van der Waals surface area contributed by atoms with Gasteiger partial charge in [-0.1, -0.05) is 11.3 Å². The lowest BCUT2D eigenvalue weighted by molar-refractivity contribution is -0.117. The maximum absolute atomic E-state index is 13.8. The Morgan fingerprint density at radius 2 is 2.00 bits per heavy atom. The van der Waals surface area contributed by atoms with E-state index in [9.17, 15) is 13.6 Å². The molecule has 0 aliphatic carbocycles. The number of hydrogen-bond donors (Lipinski definition) is 3. The smallest absolute Gasteiger partial charge is 0.246 e. The zero-order valence-electron chi connectivity index (χ0n) is 20.5. The summed E-state index contributed by atoms with van der Waals surface area (Å²) in [5, 5.41) is 17.4. The van der Waals surface area contributed by atoms with Gasteiger partial charge in [0.25, 0.3) is 0 Å². The van der Waals surface area contributed by atoms with Gasteiger partial charge in [0.1, 0.15) is 24.4 Å². The van der Waals surface area contributed by atoms with Gasteiger partial charge in [0.2, 0.25) is 5.91 Å². The molecule has 11 nitrogen and oxygen atoms in total. The number of piperazine rings is 1. The van der Waals surface area contributed by atoms with Crippen molar-refractivity contribution in [2.45, 2.75) is 13.0 Å². The summed E-state index contributed by atoms with van der Waals surface area (Å²) in [6.45, 7) is 5.58. The lowest BCUT2D eigenvalue weighted by Gasteiger charge is -2.26. The molecule has 13 heteroatoms. The lowest BCUT2D eigenvalue weighted by atomic mass is 10.2. The SMILES string of the molecule is O=C(Cn1cc(Nc2ncnc3cc(OCCCN4CCNCC4)ccc23)nn1)Nc1cccc(F)c1F. The summed E-state index contributed by atoms with van der Waals surface area (Å²) in [5.74, 6) is -1.16. The first-order chi connectivity index (χ1) is 18.5. The van der Waals surface area contributed by atoms with E-state index in [1.807, 2.05) is 18.2 Å². The molecular weight excluding hydrogens is 496 g/mol. The normalized spacial score (nSPS) is 13.9. The highest BCUT2D eigenvalue weighted by molar-refractivity contribution is 5.91. The molecule has 3 N–H and O–H groups in total. The predicted molar refractivity (Wildman–Crippen MR) is 137 cm³/mol. The maximum Gasteiger partial charge on any atom is 0.246 e. The number of carbonyl (C=O) groups excluding carboxylic acids is 1. The molecule has 198 valence electrons. The van der Waals surface area contributed by atoms with Gasteiger partial charge in [-0.25, -0.2) is 23.4 Å². The van der Waals surface area contributed by atoms with E-state index in [1.165, 1.54) is 29.3 Å². The van der Waals surface area contributed by atoms with Crippen molar-refractivity contribution in [3.8, 4) is 5.75 Å². The summed E-state index contributed by atoms with van der Waals surface area (Å²) >= 11 is 0.